The molecule has 0 aromatic heterocycles. The minimum Gasteiger partial charge on any atom is -0.492 e. The molecule has 1 N–H and O–H groups in total. The van der Waals surface area contributed by atoms with Crippen molar-refractivity contribution < 1.29 is 19.4 Å². The van der Waals surface area contributed by atoms with Gasteiger partial charge in [0.05, 0.1) is 13.1 Å². The summed E-state index contributed by atoms with van der Waals surface area (Å²) in [5.74, 6) is -0.308. The van der Waals surface area contributed by atoms with Crippen LogP contribution in [0.2, 0.25) is 5.02 Å². The van der Waals surface area contributed by atoms with E-state index in [9.17, 15) is 14.7 Å². The number of halogens is 1. The number of carboxylic acids is 1. The Labute approximate surface area is 146 Å². The van der Waals surface area contributed by atoms with Crippen molar-refractivity contribution in [1.82, 2.24) is 9.80 Å². The van der Waals surface area contributed by atoms with Gasteiger partial charge in [0.15, 0.2) is 0 Å². The smallest absolute Gasteiger partial charge is 0.320 e. The minimum absolute atomic E-state index is 0.102. The molecular formula is C17H23ClN2O4. The van der Waals surface area contributed by atoms with Gasteiger partial charge < -0.3 is 14.7 Å². The average molecular weight is 355 g/mol. The van der Waals surface area contributed by atoms with Crippen molar-refractivity contribution in [2.45, 2.75) is 31.8 Å². The molecule has 0 radical (unpaired) electrons. The van der Waals surface area contributed by atoms with E-state index in [1.165, 1.54) is 0 Å². The number of ether oxygens (including phenoxy) is 1. The molecule has 0 aliphatic heterocycles. The maximum absolute atomic E-state index is 12.3. The van der Waals surface area contributed by atoms with Crippen molar-refractivity contribution in [1.29, 1.82) is 0 Å². The lowest BCUT2D eigenvalue weighted by Gasteiger charge is -2.27. The monoisotopic (exact) mass is 354 g/mol. The van der Waals surface area contributed by atoms with Crippen LogP contribution in [-0.2, 0) is 9.59 Å². The molecule has 132 valence electrons. The van der Waals surface area contributed by atoms with Crippen molar-refractivity contribution in [2.24, 2.45) is 0 Å². The van der Waals surface area contributed by atoms with E-state index in [-0.39, 0.29) is 18.5 Å². The molecule has 24 heavy (non-hydrogen) atoms. The van der Waals surface area contributed by atoms with Gasteiger partial charge in [-0.2, -0.15) is 0 Å². The highest BCUT2D eigenvalue weighted by Crippen LogP contribution is 2.28. The Morgan fingerprint density at radius 2 is 1.96 bits per heavy atom. The molecule has 1 saturated carbocycles. The van der Waals surface area contributed by atoms with Crippen molar-refractivity contribution in [3.8, 4) is 5.75 Å². The summed E-state index contributed by atoms with van der Waals surface area (Å²) in [4.78, 5) is 26.8. The first-order chi connectivity index (χ1) is 11.4. The average Bonchev–Trinajstić information content (AvgIpc) is 3.38. The second-order valence-corrected chi connectivity index (χ2v) is 6.47. The largest absolute Gasteiger partial charge is 0.492 e. The zero-order chi connectivity index (χ0) is 17.7. The third-order valence-corrected chi connectivity index (χ3v) is 4.38. The van der Waals surface area contributed by atoms with Gasteiger partial charge in [-0.15, -0.1) is 0 Å². The molecule has 7 heteroatoms. The van der Waals surface area contributed by atoms with Crippen LogP contribution in [0.4, 0.5) is 0 Å². The number of aliphatic carboxylic acids is 1. The van der Waals surface area contributed by atoms with Gasteiger partial charge in [0.1, 0.15) is 18.4 Å². The summed E-state index contributed by atoms with van der Waals surface area (Å²) in [7, 11) is 1.70. The molecule has 0 saturated heterocycles. The van der Waals surface area contributed by atoms with Gasteiger partial charge in [-0.3, -0.25) is 14.5 Å². The molecule has 1 atom stereocenters. The Morgan fingerprint density at radius 3 is 2.50 bits per heavy atom. The Hall–Kier alpha value is -1.79. The van der Waals surface area contributed by atoms with Crippen LogP contribution >= 0.6 is 11.6 Å². The molecule has 1 fully saturated rings. The van der Waals surface area contributed by atoms with E-state index in [1.54, 1.807) is 48.0 Å². The van der Waals surface area contributed by atoms with Gasteiger partial charge in [-0.05, 0) is 44.0 Å². The first-order valence-corrected chi connectivity index (χ1v) is 8.37. The Morgan fingerprint density at radius 1 is 1.33 bits per heavy atom. The normalized spacial score (nSPS) is 15.2. The van der Waals surface area contributed by atoms with E-state index in [0.717, 1.165) is 12.8 Å². The summed E-state index contributed by atoms with van der Waals surface area (Å²) in [6.07, 6.45) is 1.91. The molecule has 1 aromatic rings. The van der Waals surface area contributed by atoms with Gasteiger partial charge >= 0.3 is 5.97 Å². The van der Waals surface area contributed by atoms with Crippen LogP contribution < -0.4 is 4.74 Å². The van der Waals surface area contributed by atoms with Crippen LogP contribution in [0.15, 0.2) is 24.3 Å². The maximum atomic E-state index is 12.3. The van der Waals surface area contributed by atoms with E-state index >= 15 is 0 Å². The van der Waals surface area contributed by atoms with Gasteiger partial charge in [-0.25, -0.2) is 0 Å². The third kappa shape index (κ3) is 5.39. The standard InChI is InChI=1S/C17H23ClN2O4/c1-12(17(22)23)20(14-5-6-14)11-16(21)19(2)9-10-24-15-7-3-13(18)4-8-15/h3-4,7-8,12,14H,5-6,9-11H2,1-2H3,(H,22,23). The van der Waals surface area contributed by atoms with Crippen molar-refractivity contribution in [3.05, 3.63) is 29.3 Å². The SMILES string of the molecule is CC(C(=O)O)N(CC(=O)N(C)CCOc1ccc(Cl)cc1)C1CC1. The number of rotatable bonds is 9. The predicted molar refractivity (Wildman–Crippen MR) is 91.4 cm³/mol. The Kier molecular flexibility index (Phi) is 6.45. The van der Waals surface area contributed by atoms with Crippen LogP contribution in [0.3, 0.4) is 0 Å². The summed E-state index contributed by atoms with van der Waals surface area (Å²) >= 11 is 5.81. The molecule has 1 amide bonds. The highest BCUT2D eigenvalue weighted by Gasteiger charge is 2.36. The lowest BCUT2D eigenvalue weighted by molar-refractivity contribution is -0.144. The quantitative estimate of drug-likeness (QED) is 0.735. The molecule has 2 rings (SSSR count). The summed E-state index contributed by atoms with van der Waals surface area (Å²) in [5.41, 5.74) is 0. The zero-order valence-electron chi connectivity index (χ0n) is 13.9. The molecule has 0 spiro atoms. The highest BCUT2D eigenvalue weighted by atomic mass is 35.5. The van der Waals surface area contributed by atoms with Crippen LogP contribution in [0, 0.1) is 0 Å². The number of hydrogen-bond acceptors (Lipinski definition) is 4. The van der Waals surface area contributed by atoms with Crippen molar-refractivity contribution in [2.75, 3.05) is 26.7 Å². The van der Waals surface area contributed by atoms with Crippen LogP contribution in [-0.4, -0.2) is 65.6 Å². The van der Waals surface area contributed by atoms with Gasteiger partial charge in [-0.1, -0.05) is 11.6 Å². The number of benzene rings is 1. The molecule has 0 bridgehead atoms. The van der Waals surface area contributed by atoms with Crippen LogP contribution in [0.1, 0.15) is 19.8 Å². The maximum Gasteiger partial charge on any atom is 0.320 e. The number of amides is 1. The van der Waals surface area contributed by atoms with Crippen molar-refractivity contribution in [3.63, 3.8) is 0 Å². The number of nitrogens with zero attached hydrogens (tertiary/aromatic N) is 2. The van der Waals surface area contributed by atoms with Gasteiger partial charge in [0.2, 0.25) is 5.91 Å². The lowest BCUT2D eigenvalue weighted by atomic mass is 10.2. The Balaban J connectivity index is 1.78. The first kappa shape index (κ1) is 18.5. The third-order valence-electron chi connectivity index (χ3n) is 4.12. The summed E-state index contributed by atoms with van der Waals surface area (Å²) < 4.78 is 5.57. The number of hydrogen-bond donors (Lipinski definition) is 1. The number of carboxylic acid groups (broad SMARTS) is 1. The number of carbonyl (C=O) groups is 2. The highest BCUT2D eigenvalue weighted by molar-refractivity contribution is 6.30. The zero-order valence-corrected chi connectivity index (χ0v) is 14.7. The number of carbonyl (C=O) groups excluding carboxylic acids is 1. The lowest BCUT2D eigenvalue weighted by Crippen LogP contribution is -2.47. The molecule has 1 aromatic carbocycles. The second-order valence-electron chi connectivity index (χ2n) is 6.04. The molecular weight excluding hydrogens is 332 g/mol. The minimum atomic E-state index is -0.900. The summed E-state index contributed by atoms with van der Waals surface area (Å²) in [5, 5.41) is 9.81. The van der Waals surface area contributed by atoms with Gasteiger partial charge in [0, 0.05) is 18.1 Å². The van der Waals surface area contributed by atoms with Gasteiger partial charge in [0.25, 0.3) is 0 Å². The molecule has 0 heterocycles. The number of likely N-dealkylation sites (N-methyl/N-ethyl adjacent to an activating group) is 1. The van der Waals surface area contributed by atoms with E-state index in [1.807, 2.05) is 0 Å². The molecule has 6 nitrogen and oxygen atoms in total. The van der Waals surface area contributed by atoms with E-state index < -0.39 is 12.0 Å². The van der Waals surface area contributed by atoms with Crippen LogP contribution in [0.5, 0.6) is 5.75 Å². The second kappa shape index (κ2) is 8.35. The first-order valence-electron chi connectivity index (χ1n) is 7.99. The van der Waals surface area contributed by atoms with E-state index in [4.69, 9.17) is 16.3 Å². The summed E-state index contributed by atoms with van der Waals surface area (Å²) in [6.45, 7) is 2.54. The van der Waals surface area contributed by atoms with Crippen LogP contribution in [0.25, 0.3) is 0 Å². The summed E-state index contributed by atoms with van der Waals surface area (Å²) in [6, 6.07) is 6.58. The van der Waals surface area contributed by atoms with E-state index in [0.29, 0.717) is 23.9 Å². The fourth-order valence-electron chi connectivity index (χ4n) is 2.36. The Bertz CT molecular complexity index is 574. The van der Waals surface area contributed by atoms with Crippen molar-refractivity contribution >= 4 is 23.5 Å². The fraction of sp³-hybridized carbons (Fsp3) is 0.529. The molecule has 1 aliphatic carbocycles. The molecule has 1 aliphatic rings. The predicted octanol–water partition coefficient (Wildman–Crippen LogP) is 2.11. The topological polar surface area (TPSA) is 70.1 Å². The fourth-order valence-corrected chi connectivity index (χ4v) is 2.49. The van der Waals surface area contributed by atoms with E-state index in [2.05, 4.69) is 0 Å². The molecule has 1 unspecified atom stereocenters.